The number of nitrogens with zero attached hydrogens (tertiary/aromatic N) is 4. The topological polar surface area (TPSA) is 83.0 Å². The molecule has 0 atom stereocenters. The Hall–Kier alpha value is -2.37. The van der Waals surface area contributed by atoms with E-state index in [2.05, 4.69) is 4.90 Å². The average Bonchev–Trinajstić information content (AvgIpc) is 3.17. The normalized spacial score (nSPS) is 17.9. The van der Waals surface area contributed by atoms with Crippen molar-refractivity contribution in [1.29, 1.82) is 0 Å². The van der Waals surface area contributed by atoms with E-state index in [0.717, 1.165) is 80.7 Å². The zero-order chi connectivity index (χ0) is 26.5. The van der Waals surface area contributed by atoms with Gasteiger partial charge in [0.25, 0.3) is 5.91 Å². The van der Waals surface area contributed by atoms with Crippen molar-refractivity contribution >= 4 is 42.6 Å². The van der Waals surface area contributed by atoms with Crippen LogP contribution in [0, 0.1) is 6.92 Å². The first-order valence-corrected chi connectivity index (χ1v) is 15.8. The van der Waals surface area contributed by atoms with E-state index >= 15 is 0 Å². The molecule has 2 aliphatic rings. The maximum atomic E-state index is 13.8. The first kappa shape index (κ1) is 27.2. The van der Waals surface area contributed by atoms with Crippen LogP contribution in [0.1, 0.15) is 48.0 Å². The second kappa shape index (κ2) is 12.2. The fraction of sp³-hybridized carbons (Fsp3) is 0.500. The van der Waals surface area contributed by atoms with Gasteiger partial charge in [-0.05, 0) is 62.1 Å². The van der Waals surface area contributed by atoms with Gasteiger partial charge in [0, 0.05) is 44.8 Å². The monoisotopic (exact) mass is 556 g/mol. The van der Waals surface area contributed by atoms with E-state index in [1.807, 2.05) is 25.1 Å². The van der Waals surface area contributed by atoms with Gasteiger partial charge in [-0.15, -0.1) is 0 Å². The van der Waals surface area contributed by atoms with Gasteiger partial charge in [-0.1, -0.05) is 36.3 Å². The Morgan fingerprint density at radius 2 is 1.71 bits per heavy atom. The molecule has 38 heavy (non-hydrogen) atoms. The van der Waals surface area contributed by atoms with Crippen molar-refractivity contribution in [3.8, 4) is 0 Å². The van der Waals surface area contributed by atoms with Gasteiger partial charge < -0.3 is 4.74 Å². The Bertz CT molecular complexity index is 1340. The van der Waals surface area contributed by atoms with Crippen LogP contribution in [0.4, 0.5) is 5.13 Å². The Kier molecular flexibility index (Phi) is 8.74. The second-order valence-corrected chi connectivity index (χ2v) is 13.0. The number of rotatable bonds is 8. The molecule has 204 valence electrons. The second-order valence-electron chi connectivity index (χ2n) is 10.0. The van der Waals surface area contributed by atoms with E-state index in [1.165, 1.54) is 11.3 Å². The van der Waals surface area contributed by atoms with Crippen LogP contribution in [0.3, 0.4) is 0 Å². The lowest BCUT2D eigenvalue weighted by molar-refractivity contribution is 0.0376. The number of benzene rings is 2. The number of amides is 1. The summed E-state index contributed by atoms with van der Waals surface area (Å²) >= 11 is 1.51. The third kappa shape index (κ3) is 6.10. The van der Waals surface area contributed by atoms with Crippen molar-refractivity contribution in [1.82, 2.24) is 14.2 Å². The first-order chi connectivity index (χ1) is 18.4. The number of aryl methyl sites for hydroxylation is 1. The predicted molar refractivity (Wildman–Crippen MR) is 152 cm³/mol. The lowest BCUT2D eigenvalue weighted by Crippen LogP contribution is -2.39. The number of thiazole rings is 1. The van der Waals surface area contributed by atoms with Gasteiger partial charge >= 0.3 is 0 Å². The fourth-order valence-electron chi connectivity index (χ4n) is 5.11. The summed E-state index contributed by atoms with van der Waals surface area (Å²) in [5, 5.41) is 0.669. The van der Waals surface area contributed by atoms with Crippen molar-refractivity contribution in [3.05, 3.63) is 53.6 Å². The highest BCUT2D eigenvalue weighted by molar-refractivity contribution is 7.89. The standard InChI is InChI=1S/C28H36N4O4S2/c1-22-8-6-9-25-26(22)29-28(37-25)32(17-7-14-30-18-20-36-21-19-30)27(33)23-10-12-24(13-11-23)38(34,35)31-15-4-2-3-5-16-31/h6,8-13H,2-5,7,14-21H2,1H3. The molecule has 2 aliphatic heterocycles. The number of sulfonamides is 1. The number of fused-ring (bicyclic) bond motifs is 1. The molecular weight excluding hydrogens is 520 g/mol. The Morgan fingerprint density at radius 3 is 2.39 bits per heavy atom. The molecule has 3 heterocycles. The summed E-state index contributed by atoms with van der Waals surface area (Å²) in [6, 6.07) is 12.5. The largest absolute Gasteiger partial charge is 0.379 e. The molecule has 0 spiro atoms. The SMILES string of the molecule is Cc1cccc2sc(N(CCCN3CCOCC3)C(=O)c3ccc(S(=O)(=O)N4CCCCCC4)cc3)nc12. The van der Waals surface area contributed by atoms with Gasteiger partial charge in [0.2, 0.25) is 10.0 Å². The zero-order valence-corrected chi connectivity index (χ0v) is 23.6. The number of hydrogen-bond donors (Lipinski definition) is 0. The number of aromatic nitrogens is 1. The molecule has 0 saturated carbocycles. The molecule has 1 amide bonds. The van der Waals surface area contributed by atoms with E-state index in [4.69, 9.17) is 9.72 Å². The van der Waals surface area contributed by atoms with Crippen LogP contribution in [-0.2, 0) is 14.8 Å². The van der Waals surface area contributed by atoms with Crippen molar-refractivity contribution in [3.63, 3.8) is 0 Å². The smallest absolute Gasteiger partial charge is 0.260 e. The number of hydrogen-bond acceptors (Lipinski definition) is 7. The molecule has 5 rings (SSSR count). The summed E-state index contributed by atoms with van der Waals surface area (Å²) in [6.45, 7) is 7.84. The van der Waals surface area contributed by atoms with Crippen molar-refractivity contribution in [2.24, 2.45) is 0 Å². The van der Waals surface area contributed by atoms with Crippen LogP contribution >= 0.6 is 11.3 Å². The number of morpholine rings is 1. The molecule has 0 radical (unpaired) electrons. The van der Waals surface area contributed by atoms with Crippen LogP contribution < -0.4 is 4.90 Å². The van der Waals surface area contributed by atoms with Crippen LogP contribution in [0.25, 0.3) is 10.2 Å². The van der Waals surface area contributed by atoms with E-state index in [0.29, 0.717) is 30.3 Å². The number of para-hydroxylation sites is 1. The zero-order valence-electron chi connectivity index (χ0n) is 22.0. The Labute approximate surface area is 229 Å². The van der Waals surface area contributed by atoms with Crippen LogP contribution in [0.15, 0.2) is 47.4 Å². The maximum Gasteiger partial charge on any atom is 0.260 e. The van der Waals surface area contributed by atoms with E-state index in [-0.39, 0.29) is 10.8 Å². The molecule has 2 saturated heterocycles. The van der Waals surface area contributed by atoms with Gasteiger partial charge in [0.05, 0.1) is 28.3 Å². The maximum absolute atomic E-state index is 13.8. The van der Waals surface area contributed by atoms with Crippen molar-refractivity contribution in [2.75, 3.05) is 57.4 Å². The van der Waals surface area contributed by atoms with Gasteiger partial charge in [-0.3, -0.25) is 14.6 Å². The first-order valence-electron chi connectivity index (χ1n) is 13.5. The Balaban J connectivity index is 1.37. The minimum absolute atomic E-state index is 0.164. The molecule has 0 bridgehead atoms. The highest BCUT2D eigenvalue weighted by Crippen LogP contribution is 2.32. The molecule has 10 heteroatoms. The van der Waals surface area contributed by atoms with Crippen LogP contribution in [-0.4, -0.2) is 81.0 Å². The number of anilines is 1. The fourth-order valence-corrected chi connectivity index (χ4v) is 7.69. The molecule has 3 aromatic rings. The number of ether oxygens (including phenoxy) is 1. The molecule has 2 fully saturated rings. The minimum atomic E-state index is -3.57. The summed E-state index contributed by atoms with van der Waals surface area (Å²) in [6.07, 6.45) is 4.70. The van der Waals surface area contributed by atoms with E-state index < -0.39 is 10.0 Å². The lowest BCUT2D eigenvalue weighted by Gasteiger charge is -2.27. The predicted octanol–water partition coefficient (Wildman–Crippen LogP) is 4.54. The lowest BCUT2D eigenvalue weighted by atomic mass is 10.2. The highest BCUT2D eigenvalue weighted by atomic mass is 32.2. The highest BCUT2D eigenvalue weighted by Gasteiger charge is 2.27. The van der Waals surface area contributed by atoms with E-state index in [9.17, 15) is 13.2 Å². The average molecular weight is 557 g/mol. The quantitative estimate of drug-likeness (QED) is 0.405. The van der Waals surface area contributed by atoms with Crippen LogP contribution in [0.5, 0.6) is 0 Å². The Morgan fingerprint density at radius 1 is 1.00 bits per heavy atom. The van der Waals surface area contributed by atoms with Gasteiger partial charge in [0.1, 0.15) is 0 Å². The molecule has 0 aliphatic carbocycles. The molecular formula is C28H36N4O4S2. The van der Waals surface area contributed by atoms with Gasteiger partial charge in [-0.25, -0.2) is 13.4 Å². The molecule has 2 aromatic carbocycles. The third-order valence-corrected chi connectivity index (χ3v) is 10.3. The summed E-state index contributed by atoms with van der Waals surface area (Å²) in [7, 11) is -3.57. The van der Waals surface area contributed by atoms with Gasteiger partial charge in [-0.2, -0.15) is 4.31 Å². The molecule has 0 N–H and O–H groups in total. The molecule has 1 aromatic heterocycles. The van der Waals surface area contributed by atoms with E-state index in [1.54, 1.807) is 33.5 Å². The molecule has 0 unspecified atom stereocenters. The number of carbonyl (C=O) groups is 1. The van der Waals surface area contributed by atoms with Crippen LogP contribution in [0.2, 0.25) is 0 Å². The summed E-state index contributed by atoms with van der Waals surface area (Å²) in [4.78, 5) is 23.0. The summed E-state index contributed by atoms with van der Waals surface area (Å²) < 4.78 is 34.5. The third-order valence-electron chi connectivity index (χ3n) is 7.35. The summed E-state index contributed by atoms with van der Waals surface area (Å²) in [5.74, 6) is -0.164. The molecule has 8 nitrogen and oxygen atoms in total. The van der Waals surface area contributed by atoms with Crippen molar-refractivity contribution in [2.45, 2.75) is 43.9 Å². The van der Waals surface area contributed by atoms with Gasteiger partial charge in [0.15, 0.2) is 5.13 Å². The minimum Gasteiger partial charge on any atom is -0.379 e. The van der Waals surface area contributed by atoms with Crippen molar-refractivity contribution < 1.29 is 17.9 Å². The number of carbonyl (C=O) groups excluding carboxylic acids is 1. The summed E-state index contributed by atoms with van der Waals surface area (Å²) in [5.41, 5.74) is 2.45.